The van der Waals surface area contributed by atoms with Crippen LogP contribution in [0.2, 0.25) is 5.02 Å². The molecule has 0 spiro atoms. The molecule has 0 heterocycles. The molecule has 2 rings (SSSR count). The van der Waals surface area contributed by atoms with Gasteiger partial charge in [-0.25, -0.2) is 0 Å². The van der Waals surface area contributed by atoms with Crippen LogP contribution in [0.1, 0.15) is 51.0 Å². The van der Waals surface area contributed by atoms with Crippen LogP contribution < -0.4 is 4.74 Å². The van der Waals surface area contributed by atoms with Crippen molar-refractivity contribution in [2.24, 2.45) is 5.92 Å². The Labute approximate surface area is 120 Å². The van der Waals surface area contributed by atoms with Gasteiger partial charge in [0.15, 0.2) is 0 Å². The van der Waals surface area contributed by atoms with E-state index in [-0.39, 0.29) is 0 Å². The van der Waals surface area contributed by atoms with Gasteiger partial charge in [-0.15, -0.1) is 0 Å². The van der Waals surface area contributed by atoms with Gasteiger partial charge in [0.05, 0.1) is 17.7 Å². The van der Waals surface area contributed by atoms with Crippen LogP contribution in [-0.2, 0) is 5.60 Å². The maximum absolute atomic E-state index is 10.9. The van der Waals surface area contributed by atoms with Gasteiger partial charge in [-0.05, 0) is 49.3 Å². The molecule has 1 aliphatic carbocycles. The summed E-state index contributed by atoms with van der Waals surface area (Å²) in [6.45, 7) is 2.24. The zero-order chi connectivity index (χ0) is 13.9. The molecule has 106 valence electrons. The fourth-order valence-corrected chi connectivity index (χ4v) is 3.24. The molecule has 1 N–H and O–H groups in total. The number of methoxy groups -OCH3 is 1. The van der Waals surface area contributed by atoms with Gasteiger partial charge >= 0.3 is 0 Å². The highest BCUT2D eigenvalue weighted by Crippen LogP contribution is 2.40. The normalized spacial score (nSPS) is 27.9. The van der Waals surface area contributed by atoms with Crippen LogP contribution in [0.25, 0.3) is 0 Å². The Kier molecular flexibility index (Phi) is 4.75. The van der Waals surface area contributed by atoms with Crippen LogP contribution in [-0.4, -0.2) is 12.2 Å². The van der Waals surface area contributed by atoms with Gasteiger partial charge in [0, 0.05) is 0 Å². The van der Waals surface area contributed by atoms with E-state index >= 15 is 0 Å². The molecule has 1 aliphatic rings. The minimum absolute atomic E-state index is 0.593. The van der Waals surface area contributed by atoms with Gasteiger partial charge in [0.2, 0.25) is 0 Å². The van der Waals surface area contributed by atoms with Crippen LogP contribution in [0.3, 0.4) is 0 Å². The van der Waals surface area contributed by atoms with Crippen molar-refractivity contribution < 1.29 is 9.84 Å². The predicted molar refractivity (Wildman–Crippen MR) is 78.8 cm³/mol. The number of halogens is 1. The van der Waals surface area contributed by atoms with Crippen molar-refractivity contribution in [2.45, 2.75) is 51.0 Å². The topological polar surface area (TPSA) is 29.5 Å². The smallest absolute Gasteiger partial charge is 0.137 e. The standard InChI is InChI=1S/C16H23ClO2/c1-3-12-5-4-9-16(18,10-8-12)13-6-7-14(17)15(11-13)19-2/h6-7,11-12,18H,3-5,8-10H2,1-2H3. The Morgan fingerprint density at radius 3 is 2.84 bits per heavy atom. The summed E-state index contributed by atoms with van der Waals surface area (Å²) in [5.74, 6) is 1.40. The average molecular weight is 283 g/mol. The van der Waals surface area contributed by atoms with E-state index in [1.165, 1.54) is 12.8 Å². The highest BCUT2D eigenvalue weighted by atomic mass is 35.5. The summed E-state index contributed by atoms with van der Waals surface area (Å²) >= 11 is 6.05. The summed E-state index contributed by atoms with van der Waals surface area (Å²) in [5.41, 5.74) is 0.215. The zero-order valence-electron chi connectivity index (χ0n) is 11.8. The molecule has 2 nitrogen and oxygen atoms in total. The molecule has 2 unspecified atom stereocenters. The lowest BCUT2D eigenvalue weighted by molar-refractivity contribution is 0.0194. The third kappa shape index (κ3) is 3.24. The molecule has 0 saturated heterocycles. The zero-order valence-corrected chi connectivity index (χ0v) is 12.5. The largest absolute Gasteiger partial charge is 0.495 e. The van der Waals surface area contributed by atoms with Crippen LogP contribution in [0.4, 0.5) is 0 Å². The molecular formula is C16H23ClO2. The van der Waals surface area contributed by atoms with Gasteiger partial charge in [0.25, 0.3) is 0 Å². The van der Waals surface area contributed by atoms with Crippen LogP contribution in [0, 0.1) is 5.92 Å². The minimum atomic E-state index is -0.720. The van der Waals surface area contributed by atoms with Gasteiger partial charge in [-0.1, -0.05) is 37.4 Å². The number of aliphatic hydroxyl groups is 1. The summed E-state index contributed by atoms with van der Waals surface area (Å²) in [7, 11) is 1.61. The van der Waals surface area contributed by atoms with Gasteiger partial charge in [-0.3, -0.25) is 0 Å². The predicted octanol–water partition coefficient (Wildman–Crippen LogP) is 4.53. The summed E-state index contributed by atoms with van der Waals surface area (Å²) < 4.78 is 5.25. The Morgan fingerprint density at radius 2 is 2.16 bits per heavy atom. The number of benzene rings is 1. The van der Waals surface area contributed by atoms with E-state index in [2.05, 4.69) is 6.92 Å². The van der Waals surface area contributed by atoms with Crippen LogP contribution in [0.5, 0.6) is 5.75 Å². The van der Waals surface area contributed by atoms with E-state index in [1.54, 1.807) is 7.11 Å². The maximum atomic E-state index is 10.9. The van der Waals surface area contributed by atoms with Gasteiger partial charge in [0.1, 0.15) is 5.75 Å². The highest BCUT2D eigenvalue weighted by molar-refractivity contribution is 6.32. The lowest BCUT2D eigenvalue weighted by Gasteiger charge is -2.28. The van der Waals surface area contributed by atoms with Crippen LogP contribution >= 0.6 is 11.6 Å². The summed E-state index contributed by atoms with van der Waals surface area (Å²) in [5, 5.41) is 11.5. The molecule has 3 heteroatoms. The monoisotopic (exact) mass is 282 g/mol. The molecule has 0 aromatic heterocycles. The van der Waals surface area contributed by atoms with Crippen molar-refractivity contribution in [2.75, 3.05) is 7.11 Å². The molecule has 1 aromatic rings. The summed E-state index contributed by atoms with van der Waals surface area (Å²) in [4.78, 5) is 0. The first-order valence-electron chi connectivity index (χ1n) is 7.15. The first-order valence-corrected chi connectivity index (χ1v) is 7.53. The molecule has 0 aliphatic heterocycles. The first-order chi connectivity index (χ1) is 9.09. The van der Waals surface area contributed by atoms with Crippen molar-refractivity contribution >= 4 is 11.6 Å². The average Bonchev–Trinajstić information content (AvgIpc) is 2.62. The molecule has 1 saturated carbocycles. The third-order valence-electron chi connectivity index (χ3n) is 4.43. The number of rotatable bonds is 3. The van der Waals surface area contributed by atoms with E-state index in [0.717, 1.165) is 37.2 Å². The first kappa shape index (κ1) is 14.7. The van der Waals surface area contributed by atoms with E-state index in [9.17, 15) is 5.11 Å². The molecule has 0 amide bonds. The van der Waals surface area contributed by atoms with E-state index in [4.69, 9.17) is 16.3 Å². The molecule has 2 atom stereocenters. The Morgan fingerprint density at radius 1 is 1.37 bits per heavy atom. The molecular weight excluding hydrogens is 260 g/mol. The number of ether oxygens (including phenoxy) is 1. The highest BCUT2D eigenvalue weighted by Gasteiger charge is 2.32. The lowest BCUT2D eigenvalue weighted by Crippen LogP contribution is -2.24. The molecule has 19 heavy (non-hydrogen) atoms. The fraction of sp³-hybridized carbons (Fsp3) is 0.625. The summed E-state index contributed by atoms with van der Waals surface area (Å²) in [6, 6.07) is 5.63. The van der Waals surface area contributed by atoms with Gasteiger partial charge in [-0.2, -0.15) is 0 Å². The molecule has 0 bridgehead atoms. The maximum Gasteiger partial charge on any atom is 0.137 e. The quantitative estimate of drug-likeness (QED) is 0.826. The number of hydrogen-bond donors (Lipinski definition) is 1. The van der Waals surface area contributed by atoms with E-state index in [1.807, 2.05) is 18.2 Å². The molecule has 0 radical (unpaired) electrons. The third-order valence-corrected chi connectivity index (χ3v) is 4.75. The number of hydrogen-bond acceptors (Lipinski definition) is 2. The Balaban J connectivity index is 2.23. The second kappa shape index (κ2) is 6.15. The second-order valence-corrected chi connectivity index (χ2v) is 5.99. The Hall–Kier alpha value is -0.730. The van der Waals surface area contributed by atoms with Crippen molar-refractivity contribution in [3.63, 3.8) is 0 Å². The van der Waals surface area contributed by atoms with Crippen molar-refractivity contribution in [3.05, 3.63) is 28.8 Å². The lowest BCUT2D eigenvalue weighted by atomic mass is 9.86. The van der Waals surface area contributed by atoms with Crippen LogP contribution in [0.15, 0.2) is 18.2 Å². The van der Waals surface area contributed by atoms with E-state index in [0.29, 0.717) is 10.8 Å². The van der Waals surface area contributed by atoms with Crippen molar-refractivity contribution in [1.82, 2.24) is 0 Å². The molecule has 1 aromatic carbocycles. The summed E-state index contributed by atoms with van der Waals surface area (Å²) in [6.07, 6.45) is 6.27. The minimum Gasteiger partial charge on any atom is -0.495 e. The van der Waals surface area contributed by atoms with Crippen molar-refractivity contribution in [3.8, 4) is 5.75 Å². The Bertz CT molecular complexity index is 433. The second-order valence-electron chi connectivity index (χ2n) is 5.59. The molecule has 1 fully saturated rings. The SMILES string of the molecule is CCC1CCCC(O)(c2ccc(Cl)c(OC)c2)CC1. The fourth-order valence-electron chi connectivity index (χ4n) is 3.04. The van der Waals surface area contributed by atoms with Crippen molar-refractivity contribution in [1.29, 1.82) is 0 Å². The van der Waals surface area contributed by atoms with E-state index < -0.39 is 5.60 Å². The van der Waals surface area contributed by atoms with Gasteiger partial charge < -0.3 is 9.84 Å².